The van der Waals surface area contributed by atoms with Crippen molar-refractivity contribution >= 4 is 11.6 Å². The first kappa shape index (κ1) is 17.0. The molecule has 4 nitrogen and oxygen atoms in total. The molecule has 1 atom stereocenters. The van der Waals surface area contributed by atoms with Gasteiger partial charge in [0.25, 0.3) is 5.91 Å². The predicted molar refractivity (Wildman–Crippen MR) is 97.9 cm³/mol. The van der Waals surface area contributed by atoms with Crippen LogP contribution in [0.3, 0.4) is 0 Å². The van der Waals surface area contributed by atoms with Crippen LogP contribution in [0, 0.1) is 18.6 Å². The van der Waals surface area contributed by atoms with E-state index >= 15 is 0 Å². The molecule has 0 bridgehead atoms. The summed E-state index contributed by atoms with van der Waals surface area (Å²) in [5.41, 5.74) is 2.72. The third-order valence-electron chi connectivity index (χ3n) is 4.43. The maximum Gasteiger partial charge on any atom is 0.255 e. The summed E-state index contributed by atoms with van der Waals surface area (Å²) < 4.78 is 33.5. The zero-order valence-electron chi connectivity index (χ0n) is 14.4. The third-order valence-corrected chi connectivity index (χ3v) is 4.43. The summed E-state index contributed by atoms with van der Waals surface area (Å²) in [5.74, 6) is -1.61. The second-order valence-corrected chi connectivity index (χ2v) is 6.27. The van der Waals surface area contributed by atoms with E-state index in [1.165, 1.54) is 30.3 Å². The van der Waals surface area contributed by atoms with Crippen LogP contribution in [0.15, 0.2) is 60.7 Å². The molecule has 3 aromatic carbocycles. The van der Waals surface area contributed by atoms with Crippen LogP contribution in [0.2, 0.25) is 0 Å². The van der Waals surface area contributed by atoms with Crippen molar-refractivity contribution in [3.05, 3.63) is 89.0 Å². The van der Waals surface area contributed by atoms with E-state index in [0.29, 0.717) is 11.1 Å². The minimum Gasteiger partial charge on any atom is -0.451 e. The largest absolute Gasteiger partial charge is 0.451 e. The highest BCUT2D eigenvalue weighted by Crippen LogP contribution is 2.32. The average Bonchev–Trinajstić information content (AvgIpc) is 2.66. The van der Waals surface area contributed by atoms with Gasteiger partial charge >= 0.3 is 0 Å². The van der Waals surface area contributed by atoms with Gasteiger partial charge in [-0.3, -0.25) is 4.79 Å². The van der Waals surface area contributed by atoms with E-state index in [2.05, 4.69) is 10.6 Å². The lowest BCUT2D eigenvalue weighted by molar-refractivity contribution is 0.0935. The van der Waals surface area contributed by atoms with E-state index in [-0.39, 0.29) is 17.4 Å². The number of ether oxygens (including phenoxy) is 1. The maximum atomic E-state index is 14.5. The molecular weight excluding hydrogens is 350 g/mol. The van der Waals surface area contributed by atoms with Crippen LogP contribution < -0.4 is 15.4 Å². The monoisotopic (exact) mass is 366 g/mol. The zero-order chi connectivity index (χ0) is 19.0. The Morgan fingerprint density at radius 2 is 1.67 bits per heavy atom. The fourth-order valence-electron chi connectivity index (χ4n) is 3.03. The number of rotatable bonds is 3. The van der Waals surface area contributed by atoms with Gasteiger partial charge < -0.3 is 15.4 Å². The van der Waals surface area contributed by atoms with Crippen molar-refractivity contribution in [2.75, 3.05) is 5.32 Å². The molecule has 0 fully saturated rings. The number of hydrogen-bond acceptors (Lipinski definition) is 3. The van der Waals surface area contributed by atoms with Gasteiger partial charge in [0.05, 0.1) is 11.3 Å². The highest BCUT2D eigenvalue weighted by molar-refractivity contribution is 6.02. The molecule has 0 unspecified atom stereocenters. The molecule has 0 saturated heterocycles. The molecule has 0 aliphatic carbocycles. The molecule has 27 heavy (non-hydrogen) atoms. The molecule has 0 spiro atoms. The van der Waals surface area contributed by atoms with Crippen molar-refractivity contribution in [3.63, 3.8) is 0 Å². The number of carbonyl (C=O) groups is 1. The number of benzene rings is 3. The first-order valence-corrected chi connectivity index (χ1v) is 8.42. The molecule has 1 aliphatic heterocycles. The van der Waals surface area contributed by atoms with Crippen molar-refractivity contribution in [1.82, 2.24) is 5.32 Å². The Hall–Kier alpha value is -3.41. The highest BCUT2D eigenvalue weighted by atomic mass is 19.1. The minimum atomic E-state index is -0.651. The van der Waals surface area contributed by atoms with E-state index < -0.39 is 17.8 Å². The van der Waals surface area contributed by atoms with Gasteiger partial charge in [-0.15, -0.1) is 0 Å². The number of fused-ring (bicyclic) bond motifs is 1. The fraction of sp³-hybridized carbons (Fsp3) is 0.0952. The Morgan fingerprint density at radius 3 is 2.44 bits per heavy atom. The molecule has 2 N–H and O–H groups in total. The van der Waals surface area contributed by atoms with Gasteiger partial charge in [-0.25, -0.2) is 8.78 Å². The van der Waals surface area contributed by atoms with E-state index in [9.17, 15) is 13.6 Å². The second kappa shape index (κ2) is 6.72. The number of hydrogen-bond donors (Lipinski definition) is 2. The number of nitrogens with one attached hydrogen (secondary N) is 2. The quantitative estimate of drug-likeness (QED) is 0.692. The van der Waals surface area contributed by atoms with Crippen LogP contribution in [0.4, 0.5) is 14.5 Å². The van der Waals surface area contributed by atoms with Crippen LogP contribution in [0.5, 0.6) is 11.5 Å². The number of anilines is 1. The Labute approximate surface area is 154 Å². The van der Waals surface area contributed by atoms with Gasteiger partial charge in [0.1, 0.15) is 6.17 Å². The summed E-state index contributed by atoms with van der Waals surface area (Å²) in [5, 5.41) is 6.02. The molecule has 4 rings (SSSR count). The second-order valence-electron chi connectivity index (χ2n) is 6.27. The summed E-state index contributed by atoms with van der Waals surface area (Å²) in [6, 6.07) is 15.5. The Kier molecular flexibility index (Phi) is 4.24. The molecule has 1 heterocycles. The standard InChI is InChI=1S/C21H16F2N2O2/c1-12-5-4-6-14-19(12)24-20(25-21(14)26)13-9-10-18(16(23)11-13)27-17-8-3-2-7-15(17)22/h2-11,20,24H,1H3,(H,25,26)/t20-/m0/s1. The number of amides is 1. The van der Waals surface area contributed by atoms with Crippen molar-refractivity contribution in [3.8, 4) is 11.5 Å². The minimum absolute atomic E-state index is 0.0576. The van der Waals surface area contributed by atoms with Gasteiger partial charge in [0, 0.05) is 0 Å². The number of aryl methyl sites for hydroxylation is 1. The number of carbonyl (C=O) groups excluding carboxylic acids is 1. The third kappa shape index (κ3) is 3.21. The lowest BCUT2D eigenvalue weighted by Crippen LogP contribution is -2.38. The molecule has 0 radical (unpaired) electrons. The van der Waals surface area contributed by atoms with Crippen molar-refractivity contribution in [2.24, 2.45) is 0 Å². The topological polar surface area (TPSA) is 50.4 Å². The van der Waals surface area contributed by atoms with Crippen molar-refractivity contribution in [1.29, 1.82) is 0 Å². The van der Waals surface area contributed by atoms with Crippen LogP contribution in [0.25, 0.3) is 0 Å². The number of halogens is 2. The van der Waals surface area contributed by atoms with Gasteiger partial charge in [0.15, 0.2) is 23.1 Å². The fourth-order valence-corrected chi connectivity index (χ4v) is 3.03. The maximum absolute atomic E-state index is 14.5. The van der Waals surface area contributed by atoms with E-state index in [0.717, 1.165) is 11.3 Å². The normalized spacial score (nSPS) is 15.5. The van der Waals surface area contributed by atoms with Gasteiger partial charge in [0.2, 0.25) is 0 Å². The average molecular weight is 366 g/mol. The van der Waals surface area contributed by atoms with Crippen molar-refractivity contribution < 1.29 is 18.3 Å². The Balaban J connectivity index is 1.61. The summed E-state index contributed by atoms with van der Waals surface area (Å²) >= 11 is 0. The highest BCUT2D eigenvalue weighted by Gasteiger charge is 2.26. The zero-order valence-corrected chi connectivity index (χ0v) is 14.4. The molecule has 0 aromatic heterocycles. The molecule has 0 saturated carbocycles. The van der Waals surface area contributed by atoms with E-state index in [1.807, 2.05) is 19.1 Å². The predicted octanol–water partition coefficient (Wildman–Crippen LogP) is 4.92. The molecule has 1 amide bonds. The van der Waals surface area contributed by atoms with Gasteiger partial charge in [-0.1, -0.05) is 30.3 Å². The Bertz CT molecular complexity index is 1040. The first-order chi connectivity index (χ1) is 13.0. The molecule has 3 aromatic rings. The molecule has 136 valence electrons. The lowest BCUT2D eigenvalue weighted by Gasteiger charge is -2.29. The van der Waals surface area contributed by atoms with Gasteiger partial charge in [-0.2, -0.15) is 0 Å². The van der Waals surface area contributed by atoms with E-state index in [1.54, 1.807) is 18.2 Å². The van der Waals surface area contributed by atoms with Gasteiger partial charge in [-0.05, 0) is 48.4 Å². The summed E-state index contributed by atoms with van der Waals surface area (Å²) in [4.78, 5) is 12.3. The smallest absolute Gasteiger partial charge is 0.255 e. The van der Waals surface area contributed by atoms with Crippen molar-refractivity contribution in [2.45, 2.75) is 13.1 Å². The lowest BCUT2D eigenvalue weighted by atomic mass is 10.0. The number of para-hydroxylation sites is 2. The SMILES string of the molecule is Cc1cccc2c1N[C@H](c1ccc(Oc3ccccc3F)c(F)c1)NC2=O. The summed E-state index contributed by atoms with van der Waals surface area (Å²) in [6.45, 7) is 1.90. The molecule has 6 heteroatoms. The first-order valence-electron chi connectivity index (χ1n) is 8.42. The summed E-state index contributed by atoms with van der Waals surface area (Å²) in [7, 11) is 0. The Morgan fingerprint density at radius 1 is 0.889 bits per heavy atom. The van der Waals surface area contributed by atoms with Crippen LogP contribution >= 0.6 is 0 Å². The molecular formula is C21H16F2N2O2. The van der Waals surface area contributed by atoms with E-state index in [4.69, 9.17) is 4.74 Å². The molecule has 1 aliphatic rings. The van der Waals surface area contributed by atoms with Crippen LogP contribution in [-0.4, -0.2) is 5.91 Å². The van der Waals surface area contributed by atoms with Crippen LogP contribution in [-0.2, 0) is 0 Å². The summed E-state index contributed by atoms with van der Waals surface area (Å²) in [6.07, 6.45) is -0.580. The van der Waals surface area contributed by atoms with Crippen LogP contribution in [0.1, 0.15) is 27.7 Å².